The molecule has 1 unspecified atom stereocenters. The number of fused-ring (bicyclic) bond motifs is 1. The fraction of sp³-hybridized carbons (Fsp3) is 0.118. The zero-order valence-electron chi connectivity index (χ0n) is 11.2. The minimum atomic E-state index is 0.0665. The minimum Gasteiger partial charge on any atom is -0.308 e. The van der Waals surface area contributed by atoms with E-state index in [4.69, 9.17) is 11.6 Å². The van der Waals surface area contributed by atoms with E-state index < -0.39 is 0 Å². The maximum atomic E-state index is 5.90. The lowest BCUT2D eigenvalue weighted by Gasteiger charge is -2.17. The molecule has 2 aromatic carbocycles. The first-order chi connectivity index (χ1) is 9.78. The van der Waals surface area contributed by atoms with Gasteiger partial charge in [-0.25, -0.2) is 0 Å². The van der Waals surface area contributed by atoms with Gasteiger partial charge < -0.3 is 5.32 Å². The Kier molecular flexibility index (Phi) is 3.68. The Bertz CT molecular complexity index is 722. The highest BCUT2D eigenvalue weighted by Gasteiger charge is 2.13. The van der Waals surface area contributed by atoms with E-state index >= 15 is 0 Å². The minimum absolute atomic E-state index is 0.0665. The maximum absolute atomic E-state index is 5.90. The van der Waals surface area contributed by atoms with Crippen LogP contribution in [0.3, 0.4) is 0 Å². The molecule has 0 amide bonds. The van der Waals surface area contributed by atoms with Crippen LogP contribution < -0.4 is 5.32 Å². The molecule has 0 saturated carbocycles. The summed E-state index contributed by atoms with van der Waals surface area (Å²) < 4.78 is 0. The summed E-state index contributed by atoms with van der Waals surface area (Å²) in [6.45, 7) is 0. The third kappa shape index (κ3) is 2.53. The molecule has 0 radical (unpaired) electrons. The first-order valence-corrected chi connectivity index (χ1v) is 6.93. The first kappa shape index (κ1) is 13.1. The third-order valence-electron chi connectivity index (χ3n) is 3.44. The summed E-state index contributed by atoms with van der Waals surface area (Å²) in [5.41, 5.74) is 2.16. The summed E-state index contributed by atoms with van der Waals surface area (Å²) in [5, 5.41) is 6.45. The second-order valence-electron chi connectivity index (χ2n) is 4.73. The molecule has 20 heavy (non-hydrogen) atoms. The highest BCUT2D eigenvalue weighted by Crippen LogP contribution is 2.24. The summed E-state index contributed by atoms with van der Waals surface area (Å²) in [4.78, 5) is 4.41. The van der Waals surface area contributed by atoms with E-state index in [1.54, 1.807) is 6.20 Å². The number of halogens is 1. The molecule has 0 bridgehead atoms. The van der Waals surface area contributed by atoms with Crippen LogP contribution in [0.25, 0.3) is 10.8 Å². The second kappa shape index (κ2) is 5.61. The normalized spacial score (nSPS) is 12.5. The van der Waals surface area contributed by atoms with Crippen LogP contribution in [0.15, 0.2) is 60.8 Å². The van der Waals surface area contributed by atoms with Gasteiger partial charge in [-0.2, -0.15) is 0 Å². The molecule has 2 nitrogen and oxygen atoms in total. The molecule has 1 atom stereocenters. The third-order valence-corrected chi connectivity index (χ3v) is 3.67. The lowest BCUT2D eigenvalue weighted by Crippen LogP contribution is -2.18. The molecule has 0 aliphatic rings. The van der Waals surface area contributed by atoms with E-state index in [0.717, 1.165) is 5.69 Å². The van der Waals surface area contributed by atoms with Crippen LogP contribution in [0.1, 0.15) is 17.3 Å². The molecule has 1 N–H and O–H groups in total. The van der Waals surface area contributed by atoms with Crippen molar-refractivity contribution in [3.8, 4) is 0 Å². The number of hydrogen-bond acceptors (Lipinski definition) is 2. The SMILES string of the molecule is CNC(c1ccc2ccccc2c1)c1ccc(Cl)cn1. The van der Waals surface area contributed by atoms with Crippen LogP contribution in [0.2, 0.25) is 5.02 Å². The maximum Gasteiger partial charge on any atom is 0.0749 e. The standard InChI is InChI=1S/C17H15ClN2/c1-19-17(16-9-8-15(18)11-20-16)14-7-6-12-4-2-3-5-13(12)10-14/h2-11,17,19H,1H3. The molecular weight excluding hydrogens is 268 g/mol. The number of nitrogens with one attached hydrogen (secondary N) is 1. The predicted octanol–water partition coefficient (Wildman–Crippen LogP) is 4.20. The van der Waals surface area contributed by atoms with Crippen molar-refractivity contribution in [3.63, 3.8) is 0 Å². The average molecular weight is 283 g/mol. The average Bonchev–Trinajstić information content (AvgIpc) is 2.50. The van der Waals surface area contributed by atoms with Crippen molar-refractivity contribution in [1.82, 2.24) is 10.3 Å². The van der Waals surface area contributed by atoms with Gasteiger partial charge in [0.15, 0.2) is 0 Å². The topological polar surface area (TPSA) is 24.9 Å². The molecule has 3 rings (SSSR count). The Balaban J connectivity index is 2.04. The van der Waals surface area contributed by atoms with Crippen LogP contribution in [0, 0.1) is 0 Å². The van der Waals surface area contributed by atoms with Crippen LogP contribution >= 0.6 is 11.6 Å². The number of hydrogen-bond donors (Lipinski definition) is 1. The number of aromatic nitrogens is 1. The predicted molar refractivity (Wildman–Crippen MR) is 84.1 cm³/mol. The highest BCUT2D eigenvalue weighted by molar-refractivity contribution is 6.30. The van der Waals surface area contributed by atoms with Gasteiger partial charge in [-0.15, -0.1) is 0 Å². The quantitative estimate of drug-likeness (QED) is 0.779. The second-order valence-corrected chi connectivity index (χ2v) is 5.17. The van der Waals surface area contributed by atoms with Crippen LogP contribution in [-0.2, 0) is 0 Å². The van der Waals surface area contributed by atoms with Crippen molar-refractivity contribution in [1.29, 1.82) is 0 Å². The molecule has 0 spiro atoms. The van der Waals surface area contributed by atoms with E-state index in [9.17, 15) is 0 Å². The van der Waals surface area contributed by atoms with E-state index in [-0.39, 0.29) is 6.04 Å². The molecule has 100 valence electrons. The summed E-state index contributed by atoms with van der Waals surface area (Å²) in [5.74, 6) is 0. The molecule has 1 aromatic heterocycles. The Hall–Kier alpha value is -1.90. The summed E-state index contributed by atoms with van der Waals surface area (Å²) in [7, 11) is 1.94. The molecule has 1 heterocycles. The van der Waals surface area contributed by atoms with E-state index in [2.05, 4.69) is 52.8 Å². The lowest BCUT2D eigenvalue weighted by molar-refractivity contribution is 0.672. The fourth-order valence-corrected chi connectivity index (χ4v) is 2.54. The number of pyridine rings is 1. The molecular formula is C17H15ClN2. The van der Waals surface area contributed by atoms with Crippen molar-refractivity contribution < 1.29 is 0 Å². The summed E-state index contributed by atoms with van der Waals surface area (Å²) in [6.07, 6.45) is 1.68. The largest absolute Gasteiger partial charge is 0.308 e. The summed E-state index contributed by atoms with van der Waals surface area (Å²) in [6, 6.07) is 18.7. The van der Waals surface area contributed by atoms with Crippen molar-refractivity contribution in [2.75, 3.05) is 7.05 Å². The van der Waals surface area contributed by atoms with E-state index in [0.29, 0.717) is 5.02 Å². The van der Waals surface area contributed by atoms with Crippen LogP contribution in [-0.4, -0.2) is 12.0 Å². The molecule has 3 aromatic rings. The molecule has 3 heteroatoms. The Morgan fingerprint density at radius 3 is 2.50 bits per heavy atom. The molecule has 0 aliphatic heterocycles. The first-order valence-electron chi connectivity index (χ1n) is 6.55. The van der Waals surface area contributed by atoms with Gasteiger partial charge in [0.25, 0.3) is 0 Å². The van der Waals surface area contributed by atoms with E-state index in [1.807, 2.05) is 19.2 Å². The lowest BCUT2D eigenvalue weighted by atomic mass is 9.99. The van der Waals surface area contributed by atoms with Gasteiger partial charge in [-0.05, 0) is 41.6 Å². The van der Waals surface area contributed by atoms with Gasteiger partial charge in [0.1, 0.15) is 0 Å². The van der Waals surface area contributed by atoms with Crippen molar-refractivity contribution in [2.45, 2.75) is 6.04 Å². The van der Waals surface area contributed by atoms with Crippen LogP contribution in [0.5, 0.6) is 0 Å². The van der Waals surface area contributed by atoms with Crippen molar-refractivity contribution >= 4 is 22.4 Å². The zero-order valence-corrected chi connectivity index (χ0v) is 11.9. The molecule has 0 aliphatic carbocycles. The molecule has 0 saturated heterocycles. The van der Waals surface area contributed by atoms with Gasteiger partial charge >= 0.3 is 0 Å². The Morgan fingerprint density at radius 2 is 1.80 bits per heavy atom. The number of rotatable bonds is 3. The summed E-state index contributed by atoms with van der Waals surface area (Å²) >= 11 is 5.90. The van der Waals surface area contributed by atoms with E-state index in [1.165, 1.54) is 16.3 Å². The number of benzene rings is 2. The van der Waals surface area contributed by atoms with Gasteiger partial charge in [-0.1, -0.05) is 48.0 Å². The Labute approximate surface area is 123 Å². The van der Waals surface area contributed by atoms with Crippen molar-refractivity contribution in [2.24, 2.45) is 0 Å². The van der Waals surface area contributed by atoms with Gasteiger partial charge in [-0.3, -0.25) is 4.98 Å². The molecule has 0 fully saturated rings. The smallest absolute Gasteiger partial charge is 0.0749 e. The van der Waals surface area contributed by atoms with Crippen molar-refractivity contribution in [3.05, 3.63) is 77.1 Å². The van der Waals surface area contributed by atoms with Gasteiger partial charge in [0.05, 0.1) is 16.8 Å². The number of nitrogens with zero attached hydrogens (tertiary/aromatic N) is 1. The van der Waals surface area contributed by atoms with Gasteiger partial charge in [0, 0.05) is 6.20 Å². The zero-order chi connectivity index (χ0) is 13.9. The fourth-order valence-electron chi connectivity index (χ4n) is 2.43. The van der Waals surface area contributed by atoms with Gasteiger partial charge in [0.2, 0.25) is 0 Å². The monoisotopic (exact) mass is 282 g/mol. The van der Waals surface area contributed by atoms with Crippen LogP contribution in [0.4, 0.5) is 0 Å². The highest BCUT2D eigenvalue weighted by atomic mass is 35.5. The Morgan fingerprint density at radius 1 is 1.00 bits per heavy atom.